The highest BCUT2D eigenvalue weighted by Gasteiger charge is 2.22. The van der Waals surface area contributed by atoms with Crippen LogP contribution in [0.1, 0.15) is 56.9 Å². The summed E-state index contributed by atoms with van der Waals surface area (Å²) in [5.74, 6) is 2.60. The minimum absolute atomic E-state index is 0.148. The van der Waals surface area contributed by atoms with Gasteiger partial charge < -0.3 is 20.1 Å². The number of aromatic nitrogens is 3. The lowest BCUT2D eigenvalue weighted by atomic mass is 10.1. The maximum Gasteiger partial charge on any atom is 0.191 e. The molecule has 1 aromatic carbocycles. The fourth-order valence-corrected chi connectivity index (χ4v) is 3.47. The van der Waals surface area contributed by atoms with Crippen LogP contribution in [0, 0.1) is 0 Å². The zero-order chi connectivity index (χ0) is 22.3. The quantitative estimate of drug-likeness (QED) is 0.497. The molecule has 0 fully saturated rings. The van der Waals surface area contributed by atoms with E-state index in [9.17, 15) is 0 Å². The molecule has 0 saturated heterocycles. The maximum absolute atomic E-state index is 5.90. The van der Waals surface area contributed by atoms with E-state index in [4.69, 9.17) is 14.5 Å². The number of nitrogens with zero attached hydrogens (tertiary/aromatic N) is 4. The van der Waals surface area contributed by atoms with Gasteiger partial charge in [0.05, 0.1) is 25.3 Å². The number of benzene rings is 1. The monoisotopic (exact) mass is 428 g/mol. The van der Waals surface area contributed by atoms with E-state index in [1.165, 1.54) is 11.1 Å². The Morgan fingerprint density at radius 2 is 2.06 bits per heavy atom. The number of aryl methyl sites for hydroxylation is 1. The summed E-state index contributed by atoms with van der Waals surface area (Å²) in [6, 6.07) is 8.69. The molecule has 8 heteroatoms. The lowest BCUT2D eigenvalue weighted by Gasteiger charge is -2.25. The molecule has 1 aromatic heterocycles. The van der Waals surface area contributed by atoms with E-state index in [2.05, 4.69) is 72.7 Å². The third-order valence-electron chi connectivity index (χ3n) is 4.94. The molecule has 0 radical (unpaired) electrons. The summed E-state index contributed by atoms with van der Waals surface area (Å²) in [6.45, 7) is 11.5. The fourth-order valence-electron chi connectivity index (χ4n) is 3.47. The van der Waals surface area contributed by atoms with Crippen molar-refractivity contribution in [1.29, 1.82) is 0 Å². The van der Waals surface area contributed by atoms with Gasteiger partial charge in [-0.3, -0.25) is 0 Å². The van der Waals surface area contributed by atoms with E-state index >= 15 is 0 Å². The molecule has 1 aliphatic heterocycles. The van der Waals surface area contributed by atoms with Crippen LogP contribution in [0.5, 0.6) is 0 Å². The number of ether oxygens (including phenoxy) is 2. The summed E-state index contributed by atoms with van der Waals surface area (Å²) in [7, 11) is 1.66. The first-order chi connectivity index (χ1) is 14.9. The summed E-state index contributed by atoms with van der Waals surface area (Å²) >= 11 is 0. The molecule has 31 heavy (non-hydrogen) atoms. The van der Waals surface area contributed by atoms with E-state index in [-0.39, 0.29) is 11.6 Å². The van der Waals surface area contributed by atoms with Gasteiger partial charge >= 0.3 is 0 Å². The van der Waals surface area contributed by atoms with Crippen LogP contribution in [-0.2, 0) is 42.2 Å². The van der Waals surface area contributed by atoms with Gasteiger partial charge in [-0.1, -0.05) is 24.3 Å². The van der Waals surface area contributed by atoms with E-state index in [0.717, 1.165) is 43.5 Å². The summed E-state index contributed by atoms with van der Waals surface area (Å²) in [5.41, 5.74) is 2.18. The average molecular weight is 429 g/mol. The molecule has 1 unspecified atom stereocenters. The van der Waals surface area contributed by atoms with Gasteiger partial charge in [0.1, 0.15) is 12.4 Å². The van der Waals surface area contributed by atoms with Crippen LogP contribution in [0.2, 0.25) is 0 Å². The van der Waals surface area contributed by atoms with Crippen LogP contribution >= 0.6 is 0 Å². The number of aliphatic imine (C=N–C) groups is 1. The molecule has 3 rings (SSSR count). The lowest BCUT2D eigenvalue weighted by Crippen LogP contribution is -2.47. The minimum atomic E-state index is -0.148. The molecule has 0 saturated carbocycles. The molecular formula is C23H36N6O2. The van der Waals surface area contributed by atoms with Gasteiger partial charge in [0.25, 0.3) is 0 Å². The third-order valence-corrected chi connectivity index (χ3v) is 4.94. The van der Waals surface area contributed by atoms with Crippen molar-refractivity contribution in [1.82, 2.24) is 25.4 Å². The number of nitrogens with one attached hydrogen (secondary N) is 2. The van der Waals surface area contributed by atoms with Gasteiger partial charge in [0.15, 0.2) is 11.8 Å². The van der Waals surface area contributed by atoms with Crippen LogP contribution in [0.25, 0.3) is 0 Å². The second-order valence-corrected chi connectivity index (χ2v) is 8.86. The molecule has 2 aromatic rings. The Labute approximate surface area is 185 Å². The van der Waals surface area contributed by atoms with Crippen LogP contribution < -0.4 is 10.6 Å². The Morgan fingerprint density at radius 1 is 1.26 bits per heavy atom. The van der Waals surface area contributed by atoms with E-state index in [1.807, 2.05) is 4.68 Å². The Morgan fingerprint density at radius 3 is 2.81 bits per heavy atom. The first-order valence-corrected chi connectivity index (χ1v) is 11.0. The zero-order valence-electron chi connectivity index (χ0n) is 19.4. The number of hydrogen-bond donors (Lipinski definition) is 2. The number of guanidine groups is 1. The van der Waals surface area contributed by atoms with Crippen LogP contribution in [0.15, 0.2) is 29.3 Å². The summed E-state index contributed by atoms with van der Waals surface area (Å²) < 4.78 is 13.0. The van der Waals surface area contributed by atoms with Crippen molar-refractivity contribution in [2.75, 3.05) is 13.7 Å². The molecule has 8 nitrogen and oxygen atoms in total. The maximum atomic E-state index is 5.90. The van der Waals surface area contributed by atoms with Gasteiger partial charge in [0.2, 0.25) is 0 Å². The van der Waals surface area contributed by atoms with Gasteiger partial charge in [-0.25, -0.2) is 14.7 Å². The first kappa shape index (κ1) is 23.2. The second-order valence-electron chi connectivity index (χ2n) is 8.86. The molecule has 2 heterocycles. The predicted molar refractivity (Wildman–Crippen MR) is 122 cm³/mol. The van der Waals surface area contributed by atoms with E-state index in [1.54, 1.807) is 7.11 Å². The molecule has 0 amide bonds. The van der Waals surface area contributed by atoms with Crippen molar-refractivity contribution in [3.05, 3.63) is 47.0 Å². The summed E-state index contributed by atoms with van der Waals surface area (Å²) in [5, 5.41) is 11.5. The standard InChI is InChI=1S/C23H36N6O2/c1-6-24-22(25-13-17-8-7-9-18(12-17)15-31-23(2,3)4)26-19-10-11-21-27-20(16-30-5)28-29(21)14-19/h7-9,12,19H,6,10-11,13-16H2,1-5H3,(H2,24,25,26). The van der Waals surface area contributed by atoms with Gasteiger partial charge in [-0.05, 0) is 45.2 Å². The molecule has 1 atom stereocenters. The van der Waals surface area contributed by atoms with Crippen molar-refractivity contribution in [2.24, 2.45) is 4.99 Å². The number of hydrogen-bond acceptors (Lipinski definition) is 5. The van der Waals surface area contributed by atoms with Crippen molar-refractivity contribution < 1.29 is 9.47 Å². The zero-order valence-corrected chi connectivity index (χ0v) is 19.4. The highest BCUT2D eigenvalue weighted by atomic mass is 16.5. The number of rotatable bonds is 8. The fraction of sp³-hybridized carbons (Fsp3) is 0.609. The average Bonchev–Trinajstić information content (AvgIpc) is 3.12. The highest BCUT2D eigenvalue weighted by Crippen LogP contribution is 2.15. The van der Waals surface area contributed by atoms with Gasteiger partial charge in [0, 0.05) is 26.1 Å². The minimum Gasteiger partial charge on any atom is -0.377 e. The van der Waals surface area contributed by atoms with Crippen LogP contribution in [0.3, 0.4) is 0 Å². The Bertz CT molecular complexity index is 871. The number of methoxy groups -OCH3 is 1. The molecule has 0 spiro atoms. The summed E-state index contributed by atoms with van der Waals surface area (Å²) in [6.07, 6.45) is 1.89. The second kappa shape index (κ2) is 10.7. The van der Waals surface area contributed by atoms with Crippen molar-refractivity contribution in [3.63, 3.8) is 0 Å². The van der Waals surface area contributed by atoms with Crippen molar-refractivity contribution in [3.8, 4) is 0 Å². The van der Waals surface area contributed by atoms with E-state index < -0.39 is 0 Å². The summed E-state index contributed by atoms with van der Waals surface area (Å²) in [4.78, 5) is 9.35. The number of fused-ring (bicyclic) bond motifs is 1. The first-order valence-electron chi connectivity index (χ1n) is 11.0. The topological polar surface area (TPSA) is 85.6 Å². The molecular weight excluding hydrogens is 392 g/mol. The lowest BCUT2D eigenvalue weighted by molar-refractivity contribution is -0.0149. The van der Waals surface area contributed by atoms with Crippen molar-refractivity contribution >= 4 is 5.96 Å². The Hall–Kier alpha value is -2.45. The smallest absolute Gasteiger partial charge is 0.191 e. The van der Waals surface area contributed by atoms with E-state index in [0.29, 0.717) is 19.8 Å². The van der Waals surface area contributed by atoms with Crippen molar-refractivity contribution in [2.45, 2.75) is 78.5 Å². The van der Waals surface area contributed by atoms with Crippen LogP contribution in [0.4, 0.5) is 0 Å². The molecule has 170 valence electrons. The SMILES string of the molecule is CCNC(=NCc1cccc(COC(C)(C)C)c1)NC1CCc2nc(COC)nn2C1. The highest BCUT2D eigenvalue weighted by molar-refractivity contribution is 5.80. The Kier molecular flexibility index (Phi) is 8.03. The predicted octanol–water partition coefficient (Wildman–Crippen LogP) is 2.81. The third kappa shape index (κ3) is 7.33. The largest absolute Gasteiger partial charge is 0.377 e. The normalized spacial score (nSPS) is 16.8. The molecule has 0 aliphatic carbocycles. The van der Waals surface area contributed by atoms with Gasteiger partial charge in [-0.2, -0.15) is 5.10 Å². The van der Waals surface area contributed by atoms with Crippen LogP contribution in [-0.4, -0.2) is 46.0 Å². The molecule has 1 aliphatic rings. The Balaban J connectivity index is 1.60. The molecule has 2 N–H and O–H groups in total. The molecule has 0 bridgehead atoms. The van der Waals surface area contributed by atoms with Gasteiger partial charge in [-0.15, -0.1) is 0 Å².